The molecular formula is C25H29FN4O. The maximum absolute atomic E-state index is 13.5. The van der Waals surface area contributed by atoms with Crippen LogP contribution < -0.4 is 5.32 Å². The maximum atomic E-state index is 13.5. The minimum absolute atomic E-state index is 0.0232. The lowest BCUT2D eigenvalue weighted by Gasteiger charge is -2.32. The number of halogens is 1. The number of rotatable bonds is 6. The highest BCUT2D eigenvalue weighted by molar-refractivity contribution is 5.72. The molecule has 0 unspecified atom stereocenters. The van der Waals surface area contributed by atoms with Gasteiger partial charge in [-0.3, -0.25) is 9.69 Å². The summed E-state index contributed by atoms with van der Waals surface area (Å²) in [6, 6.07) is 14.8. The third-order valence-electron chi connectivity index (χ3n) is 5.84. The molecule has 1 aromatic heterocycles. The quantitative estimate of drug-likeness (QED) is 0.646. The van der Waals surface area contributed by atoms with E-state index in [4.69, 9.17) is 5.10 Å². The smallest absolute Gasteiger partial charge is 0.216 e. The lowest BCUT2D eigenvalue weighted by Crippen LogP contribution is -2.40. The van der Waals surface area contributed by atoms with Gasteiger partial charge in [-0.2, -0.15) is 5.10 Å². The third-order valence-corrected chi connectivity index (χ3v) is 5.84. The zero-order valence-corrected chi connectivity index (χ0v) is 18.1. The molecule has 3 aromatic rings. The highest BCUT2D eigenvalue weighted by Gasteiger charge is 2.22. The molecule has 1 N–H and O–H groups in total. The van der Waals surface area contributed by atoms with Gasteiger partial charge < -0.3 is 5.32 Å². The van der Waals surface area contributed by atoms with Crippen molar-refractivity contribution in [1.82, 2.24) is 20.0 Å². The molecule has 6 heteroatoms. The van der Waals surface area contributed by atoms with Crippen LogP contribution in [-0.2, 0) is 11.3 Å². The second-order valence-electron chi connectivity index (χ2n) is 8.47. The van der Waals surface area contributed by atoms with Crippen molar-refractivity contribution in [3.63, 3.8) is 0 Å². The molecule has 0 aliphatic carbocycles. The van der Waals surface area contributed by atoms with Crippen molar-refractivity contribution in [1.29, 1.82) is 0 Å². The van der Waals surface area contributed by atoms with Crippen LogP contribution in [0.25, 0.3) is 16.9 Å². The number of likely N-dealkylation sites (tertiary alicyclic amines) is 1. The van der Waals surface area contributed by atoms with Crippen LogP contribution in [0.2, 0.25) is 0 Å². The SMILES string of the molecule is CC(=O)NC[C@@H]1CCCN(Cc2cn(-c3ccc(C)cc3)nc2-c2ccc(F)cc2)C1. The van der Waals surface area contributed by atoms with Crippen molar-refractivity contribution in [2.45, 2.75) is 33.2 Å². The van der Waals surface area contributed by atoms with Crippen molar-refractivity contribution >= 4 is 5.91 Å². The van der Waals surface area contributed by atoms with E-state index < -0.39 is 0 Å². The number of hydrogen-bond donors (Lipinski definition) is 1. The van der Waals surface area contributed by atoms with Crippen molar-refractivity contribution in [2.75, 3.05) is 19.6 Å². The number of amides is 1. The Balaban J connectivity index is 1.59. The second kappa shape index (κ2) is 9.43. The van der Waals surface area contributed by atoms with Gasteiger partial charge >= 0.3 is 0 Å². The number of nitrogens with zero attached hydrogens (tertiary/aromatic N) is 3. The molecule has 162 valence electrons. The number of nitrogens with one attached hydrogen (secondary N) is 1. The van der Waals surface area contributed by atoms with Crippen LogP contribution in [0.3, 0.4) is 0 Å². The minimum Gasteiger partial charge on any atom is -0.356 e. The first kappa shape index (κ1) is 21.2. The first-order valence-corrected chi connectivity index (χ1v) is 10.9. The molecule has 5 nitrogen and oxygen atoms in total. The number of benzene rings is 2. The summed E-state index contributed by atoms with van der Waals surface area (Å²) in [5, 5.41) is 7.82. The lowest BCUT2D eigenvalue weighted by atomic mass is 9.97. The summed E-state index contributed by atoms with van der Waals surface area (Å²) in [4.78, 5) is 13.7. The van der Waals surface area contributed by atoms with Gasteiger partial charge in [-0.15, -0.1) is 0 Å². The zero-order valence-electron chi connectivity index (χ0n) is 18.1. The molecule has 1 atom stereocenters. The Morgan fingerprint density at radius 3 is 2.61 bits per heavy atom. The van der Waals surface area contributed by atoms with E-state index in [-0.39, 0.29) is 11.7 Å². The van der Waals surface area contributed by atoms with Gasteiger partial charge in [0.15, 0.2) is 0 Å². The van der Waals surface area contributed by atoms with Crippen LogP contribution in [0.4, 0.5) is 4.39 Å². The summed E-state index contributed by atoms with van der Waals surface area (Å²) < 4.78 is 15.4. The number of piperidine rings is 1. The molecule has 4 rings (SSSR count). The normalized spacial score (nSPS) is 16.9. The Kier molecular flexibility index (Phi) is 6.47. The van der Waals surface area contributed by atoms with Crippen LogP contribution in [0.15, 0.2) is 54.7 Å². The molecular weight excluding hydrogens is 391 g/mol. The molecule has 0 bridgehead atoms. The molecule has 0 spiro atoms. The zero-order chi connectivity index (χ0) is 21.8. The van der Waals surface area contributed by atoms with Crippen LogP contribution >= 0.6 is 0 Å². The molecule has 0 saturated carbocycles. The fourth-order valence-electron chi connectivity index (χ4n) is 4.20. The largest absolute Gasteiger partial charge is 0.356 e. The molecule has 0 radical (unpaired) electrons. The number of hydrogen-bond acceptors (Lipinski definition) is 3. The van der Waals surface area contributed by atoms with Crippen LogP contribution in [-0.4, -0.2) is 40.2 Å². The molecule has 2 aromatic carbocycles. The summed E-state index contributed by atoms with van der Waals surface area (Å²) in [6.07, 6.45) is 4.33. The summed E-state index contributed by atoms with van der Waals surface area (Å²) in [6.45, 7) is 7.09. The highest BCUT2D eigenvalue weighted by atomic mass is 19.1. The van der Waals surface area contributed by atoms with E-state index in [1.807, 2.05) is 4.68 Å². The van der Waals surface area contributed by atoms with E-state index in [9.17, 15) is 9.18 Å². The van der Waals surface area contributed by atoms with Crippen LogP contribution in [0.1, 0.15) is 30.9 Å². The van der Waals surface area contributed by atoms with Crippen molar-refractivity contribution in [3.05, 3.63) is 71.7 Å². The standard InChI is InChI=1S/C25H29FN4O/c1-18-5-11-24(12-6-18)30-17-22(25(28-30)21-7-9-23(26)10-8-21)16-29-13-3-4-20(15-29)14-27-19(2)31/h5-12,17,20H,3-4,13-16H2,1-2H3,(H,27,31)/t20-/m0/s1. The average Bonchev–Trinajstić information content (AvgIpc) is 3.17. The van der Waals surface area contributed by atoms with E-state index in [1.165, 1.54) is 17.7 Å². The second-order valence-corrected chi connectivity index (χ2v) is 8.47. The molecule has 1 saturated heterocycles. The van der Waals surface area contributed by atoms with Gasteiger partial charge in [0.1, 0.15) is 5.82 Å². The topological polar surface area (TPSA) is 50.2 Å². The summed E-state index contributed by atoms with van der Waals surface area (Å²) >= 11 is 0. The Morgan fingerprint density at radius 2 is 1.90 bits per heavy atom. The fourth-order valence-corrected chi connectivity index (χ4v) is 4.20. The third kappa shape index (κ3) is 5.39. The van der Waals surface area contributed by atoms with Gasteiger partial charge in [0.25, 0.3) is 0 Å². The van der Waals surface area contributed by atoms with Crippen LogP contribution in [0, 0.1) is 18.7 Å². The Hall–Kier alpha value is -2.99. The Morgan fingerprint density at radius 1 is 1.16 bits per heavy atom. The first-order valence-electron chi connectivity index (χ1n) is 10.9. The Bertz CT molecular complexity index is 1030. The predicted octanol–water partition coefficient (Wildman–Crippen LogP) is 4.33. The van der Waals surface area contributed by atoms with E-state index in [0.29, 0.717) is 5.92 Å². The van der Waals surface area contributed by atoms with Gasteiger partial charge in [0.05, 0.1) is 11.4 Å². The Labute approximate surface area is 182 Å². The molecule has 1 aliphatic rings. The van der Waals surface area contributed by atoms with E-state index in [2.05, 4.69) is 47.6 Å². The fraction of sp³-hybridized carbons (Fsp3) is 0.360. The lowest BCUT2D eigenvalue weighted by molar-refractivity contribution is -0.119. The average molecular weight is 421 g/mol. The van der Waals surface area contributed by atoms with Crippen molar-refractivity contribution < 1.29 is 9.18 Å². The summed E-state index contributed by atoms with van der Waals surface area (Å²) in [5.74, 6) is 0.231. The number of carbonyl (C=O) groups excluding carboxylic acids is 1. The van der Waals surface area contributed by atoms with Gasteiger partial charge in [-0.25, -0.2) is 9.07 Å². The number of carbonyl (C=O) groups is 1. The highest BCUT2D eigenvalue weighted by Crippen LogP contribution is 2.27. The number of aromatic nitrogens is 2. The molecule has 1 aliphatic heterocycles. The summed E-state index contributed by atoms with van der Waals surface area (Å²) in [7, 11) is 0. The van der Waals surface area contributed by atoms with Gasteiger partial charge in [0, 0.05) is 43.9 Å². The molecule has 31 heavy (non-hydrogen) atoms. The van der Waals surface area contributed by atoms with Gasteiger partial charge in [-0.05, 0) is 68.6 Å². The monoisotopic (exact) mass is 420 g/mol. The van der Waals surface area contributed by atoms with Crippen LogP contribution in [0.5, 0.6) is 0 Å². The first-order chi connectivity index (χ1) is 15.0. The van der Waals surface area contributed by atoms with Crippen molar-refractivity contribution in [2.24, 2.45) is 5.92 Å². The molecule has 1 amide bonds. The minimum atomic E-state index is -0.250. The van der Waals surface area contributed by atoms with Crippen molar-refractivity contribution in [3.8, 4) is 16.9 Å². The van der Waals surface area contributed by atoms with E-state index in [0.717, 1.165) is 61.5 Å². The van der Waals surface area contributed by atoms with Gasteiger partial charge in [-0.1, -0.05) is 17.7 Å². The predicted molar refractivity (Wildman–Crippen MR) is 120 cm³/mol. The van der Waals surface area contributed by atoms with E-state index in [1.54, 1.807) is 19.1 Å². The maximum Gasteiger partial charge on any atom is 0.216 e. The molecule has 2 heterocycles. The number of aryl methyl sites for hydroxylation is 1. The molecule has 1 fully saturated rings. The van der Waals surface area contributed by atoms with Gasteiger partial charge in [0.2, 0.25) is 5.91 Å². The van der Waals surface area contributed by atoms with E-state index >= 15 is 0 Å². The summed E-state index contributed by atoms with van der Waals surface area (Å²) in [5.41, 5.74) is 5.11.